The van der Waals surface area contributed by atoms with Crippen LogP contribution in [0.4, 0.5) is 5.69 Å². The molecular formula is C22H16BrClN4OS. The lowest BCUT2D eigenvalue weighted by atomic mass is 10.2. The van der Waals surface area contributed by atoms with Gasteiger partial charge >= 0.3 is 0 Å². The summed E-state index contributed by atoms with van der Waals surface area (Å²) >= 11 is 10.9. The fourth-order valence-electron chi connectivity index (χ4n) is 2.87. The molecule has 5 nitrogen and oxygen atoms in total. The lowest BCUT2D eigenvalue weighted by Gasteiger charge is -2.11. The predicted octanol–water partition coefficient (Wildman–Crippen LogP) is 6.08. The van der Waals surface area contributed by atoms with E-state index in [4.69, 9.17) is 11.6 Å². The summed E-state index contributed by atoms with van der Waals surface area (Å²) in [5, 5.41) is 12.9. The summed E-state index contributed by atoms with van der Waals surface area (Å²) in [6, 6.07) is 24.8. The molecule has 8 heteroatoms. The highest BCUT2D eigenvalue weighted by Crippen LogP contribution is 2.29. The van der Waals surface area contributed by atoms with Crippen molar-refractivity contribution in [3.63, 3.8) is 0 Å². The fraction of sp³-hybridized carbons (Fsp3) is 0.0455. The van der Waals surface area contributed by atoms with Gasteiger partial charge in [-0.15, -0.1) is 10.2 Å². The van der Waals surface area contributed by atoms with Crippen LogP contribution in [0.25, 0.3) is 17.1 Å². The molecule has 0 fully saturated rings. The number of carbonyl (C=O) groups is 1. The van der Waals surface area contributed by atoms with Gasteiger partial charge in [-0.1, -0.05) is 65.8 Å². The van der Waals surface area contributed by atoms with Gasteiger partial charge in [-0.05, 0) is 52.3 Å². The number of hydrogen-bond acceptors (Lipinski definition) is 4. The first-order valence-electron chi connectivity index (χ1n) is 9.06. The Labute approximate surface area is 191 Å². The quantitative estimate of drug-likeness (QED) is 0.327. The maximum absolute atomic E-state index is 12.5. The first kappa shape index (κ1) is 20.7. The molecule has 1 N–H and O–H groups in total. The summed E-state index contributed by atoms with van der Waals surface area (Å²) in [4.78, 5) is 12.5. The molecule has 0 saturated carbocycles. The number of rotatable bonds is 6. The number of para-hydroxylation sites is 2. The maximum Gasteiger partial charge on any atom is 0.234 e. The van der Waals surface area contributed by atoms with E-state index in [0.29, 0.717) is 16.0 Å². The summed E-state index contributed by atoms with van der Waals surface area (Å²) in [6.07, 6.45) is 0. The average molecular weight is 500 g/mol. The van der Waals surface area contributed by atoms with Crippen molar-refractivity contribution in [3.05, 3.63) is 88.4 Å². The van der Waals surface area contributed by atoms with Gasteiger partial charge in [0.1, 0.15) is 0 Å². The molecule has 1 aromatic heterocycles. The van der Waals surface area contributed by atoms with E-state index in [1.807, 2.05) is 83.4 Å². The van der Waals surface area contributed by atoms with Gasteiger partial charge in [-0.25, -0.2) is 0 Å². The Kier molecular flexibility index (Phi) is 6.52. The van der Waals surface area contributed by atoms with Crippen molar-refractivity contribution in [2.45, 2.75) is 5.16 Å². The standard InChI is InChI=1S/C22H16BrClN4OS/c23-18-11-4-5-12-19(18)25-20(29)14-30-22-27-26-21(15-7-6-8-16(24)13-15)28(22)17-9-2-1-3-10-17/h1-13H,14H2,(H,25,29). The number of nitrogens with zero attached hydrogens (tertiary/aromatic N) is 3. The Bertz CT molecular complexity index is 1180. The minimum absolute atomic E-state index is 0.126. The van der Waals surface area contributed by atoms with Gasteiger partial charge in [0, 0.05) is 20.7 Å². The van der Waals surface area contributed by atoms with Gasteiger partial charge in [-0.3, -0.25) is 9.36 Å². The number of aromatic nitrogens is 3. The molecule has 0 aliphatic carbocycles. The third kappa shape index (κ3) is 4.75. The van der Waals surface area contributed by atoms with Crippen LogP contribution in [0.1, 0.15) is 0 Å². The second-order valence-corrected chi connectivity index (χ2v) is 8.54. The molecule has 4 rings (SSSR count). The molecule has 0 unspecified atom stereocenters. The lowest BCUT2D eigenvalue weighted by Crippen LogP contribution is -2.15. The highest BCUT2D eigenvalue weighted by atomic mass is 79.9. The second kappa shape index (κ2) is 9.47. The number of nitrogens with one attached hydrogen (secondary N) is 1. The molecule has 3 aromatic carbocycles. The molecule has 4 aromatic rings. The van der Waals surface area contributed by atoms with Crippen LogP contribution in [0.3, 0.4) is 0 Å². The first-order chi connectivity index (χ1) is 14.6. The van der Waals surface area contributed by atoms with Crippen LogP contribution in [-0.4, -0.2) is 26.4 Å². The normalized spacial score (nSPS) is 10.7. The third-order valence-electron chi connectivity index (χ3n) is 4.21. The monoisotopic (exact) mass is 498 g/mol. The fourth-order valence-corrected chi connectivity index (χ4v) is 4.19. The van der Waals surface area contributed by atoms with Gasteiger partial charge in [-0.2, -0.15) is 0 Å². The molecule has 0 atom stereocenters. The van der Waals surface area contributed by atoms with E-state index in [0.717, 1.165) is 21.4 Å². The van der Waals surface area contributed by atoms with Crippen LogP contribution >= 0.6 is 39.3 Å². The number of anilines is 1. The van der Waals surface area contributed by atoms with Crippen LogP contribution in [0.5, 0.6) is 0 Å². The SMILES string of the molecule is O=C(CSc1nnc(-c2cccc(Cl)c2)n1-c1ccccc1)Nc1ccccc1Br. The zero-order valence-electron chi connectivity index (χ0n) is 15.6. The van der Waals surface area contributed by atoms with E-state index >= 15 is 0 Å². The van der Waals surface area contributed by atoms with Crippen LogP contribution in [0.2, 0.25) is 5.02 Å². The van der Waals surface area contributed by atoms with E-state index in [2.05, 4.69) is 31.4 Å². The molecule has 30 heavy (non-hydrogen) atoms. The number of benzene rings is 3. The maximum atomic E-state index is 12.5. The summed E-state index contributed by atoms with van der Waals surface area (Å²) in [5.74, 6) is 0.734. The summed E-state index contributed by atoms with van der Waals surface area (Å²) in [7, 11) is 0. The smallest absolute Gasteiger partial charge is 0.234 e. The van der Waals surface area contributed by atoms with Gasteiger partial charge in [0.05, 0.1) is 11.4 Å². The van der Waals surface area contributed by atoms with Crippen molar-refractivity contribution < 1.29 is 4.79 Å². The molecule has 0 aliphatic rings. The molecule has 0 aliphatic heterocycles. The second-order valence-electron chi connectivity index (χ2n) is 6.30. The largest absolute Gasteiger partial charge is 0.324 e. The Morgan fingerprint density at radius 3 is 2.53 bits per heavy atom. The van der Waals surface area contributed by atoms with Gasteiger partial charge < -0.3 is 5.32 Å². The molecule has 1 heterocycles. The Balaban J connectivity index is 1.60. The van der Waals surface area contributed by atoms with Crippen molar-refractivity contribution in [2.24, 2.45) is 0 Å². The first-order valence-corrected chi connectivity index (χ1v) is 11.2. The highest BCUT2D eigenvalue weighted by Gasteiger charge is 2.17. The summed E-state index contributed by atoms with van der Waals surface area (Å²) in [6.45, 7) is 0. The highest BCUT2D eigenvalue weighted by molar-refractivity contribution is 9.10. The summed E-state index contributed by atoms with van der Waals surface area (Å²) in [5.41, 5.74) is 2.49. The minimum atomic E-state index is -0.126. The van der Waals surface area contributed by atoms with E-state index in [1.165, 1.54) is 11.8 Å². The van der Waals surface area contributed by atoms with Crippen molar-refractivity contribution in [3.8, 4) is 17.1 Å². The number of amides is 1. The van der Waals surface area contributed by atoms with Crippen LogP contribution in [0.15, 0.2) is 88.5 Å². The molecule has 0 saturated heterocycles. The van der Waals surface area contributed by atoms with Crippen molar-refractivity contribution in [1.29, 1.82) is 0 Å². The Morgan fingerprint density at radius 1 is 1.00 bits per heavy atom. The molecule has 1 amide bonds. The predicted molar refractivity (Wildman–Crippen MR) is 125 cm³/mol. The molecule has 0 radical (unpaired) electrons. The number of halogens is 2. The van der Waals surface area contributed by atoms with Crippen molar-refractivity contribution in [2.75, 3.05) is 11.1 Å². The molecular weight excluding hydrogens is 484 g/mol. The molecule has 150 valence electrons. The van der Waals surface area contributed by atoms with Crippen molar-refractivity contribution >= 4 is 50.9 Å². The van der Waals surface area contributed by atoms with Crippen LogP contribution in [-0.2, 0) is 4.79 Å². The molecule has 0 spiro atoms. The van der Waals surface area contributed by atoms with E-state index < -0.39 is 0 Å². The topological polar surface area (TPSA) is 59.8 Å². The van der Waals surface area contributed by atoms with Crippen LogP contribution in [0, 0.1) is 0 Å². The third-order valence-corrected chi connectivity index (χ3v) is 6.07. The van der Waals surface area contributed by atoms with Gasteiger partial charge in [0.25, 0.3) is 0 Å². The van der Waals surface area contributed by atoms with Gasteiger partial charge in [0.15, 0.2) is 11.0 Å². The Morgan fingerprint density at radius 2 is 1.77 bits per heavy atom. The van der Waals surface area contributed by atoms with Gasteiger partial charge in [0.2, 0.25) is 5.91 Å². The zero-order chi connectivity index (χ0) is 20.9. The lowest BCUT2D eigenvalue weighted by molar-refractivity contribution is -0.113. The van der Waals surface area contributed by atoms with E-state index in [9.17, 15) is 4.79 Å². The van der Waals surface area contributed by atoms with E-state index in [1.54, 1.807) is 0 Å². The summed E-state index contributed by atoms with van der Waals surface area (Å²) < 4.78 is 2.77. The number of thioether (sulfide) groups is 1. The number of carbonyl (C=O) groups excluding carboxylic acids is 1. The van der Waals surface area contributed by atoms with E-state index in [-0.39, 0.29) is 11.7 Å². The molecule has 0 bridgehead atoms. The Hall–Kier alpha value is -2.61. The average Bonchev–Trinajstić information content (AvgIpc) is 3.18. The zero-order valence-corrected chi connectivity index (χ0v) is 18.8. The van der Waals surface area contributed by atoms with Crippen LogP contribution < -0.4 is 5.32 Å². The minimum Gasteiger partial charge on any atom is -0.324 e. The number of hydrogen-bond donors (Lipinski definition) is 1. The van der Waals surface area contributed by atoms with Crippen molar-refractivity contribution in [1.82, 2.24) is 14.8 Å².